The normalized spacial score (nSPS) is 9.27. The molecule has 1 aromatic carbocycles. The smallest absolute Gasteiger partial charge is 0.119 e. The van der Waals surface area contributed by atoms with Crippen molar-refractivity contribution in [3.63, 3.8) is 0 Å². The van der Waals surface area contributed by atoms with Crippen molar-refractivity contribution >= 4 is 11.7 Å². The van der Waals surface area contributed by atoms with E-state index in [2.05, 4.69) is 16.0 Å². The van der Waals surface area contributed by atoms with Gasteiger partial charge >= 0.3 is 0 Å². The number of nitrogens with zero attached hydrogens (tertiary/aromatic N) is 2. The third-order valence-corrected chi connectivity index (χ3v) is 1.86. The molecule has 0 spiro atoms. The molecule has 0 atom stereocenters. The van der Waals surface area contributed by atoms with Gasteiger partial charge in [0.25, 0.3) is 0 Å². The van der Waals surface area contributed by atoms with Gasteiger partial charge in [0.15, 0.2) is 0 Å². The Morgan fingerprint density at radius 2 is 2.13 bits per heavy atom. The molecular weight excluding hydrogens is 192 g/mol. The Kier molecular flexibility index (Phi) is 4.54. The first-order valence-electron chi connectivity index (χ1n) is 4.52. The highest BCUT2D eigenvalue weighted by Crippen LogP contribution is 2.24. The maximum atomic E-state index is 5.12. The molecule has 0 amide bonds. The van der Waals surface area contributed by atoms with Gasteiger partial charge in [0.05, 0.1) is 25.4 Å². The first kappa shape index (κ1) is 11.4. The second-order valence-corrected chi connectivity index (χ2v) is 2.86. The zero-order valence-corrected chi connectivity index (χ0v) is 9.15. The predicted octanol–water partition coefficient (Wildman–Crippen LogP) is 2.28. The van der Waals surface area contributed by atoms with Crippen molar-refractivity contribution in [1.82, 2.24) is 0 Å². The van der Waals surface area contributed by atoms with E-state index in [1.54, 1.807) is 21.3 Å². The van der Waals surface area contributed by atoms with E-state index in [-0.39, 0.29) is 0 Å². The molecule has 0 aromatic heterocycles. The summed E-state index contributed by atoms with van der Waals surface area (Å²) < 4.78 is 10.2. The zero-order valence-electron chi connectivity index (χ0n) is 9.15. The minimum absolute atomic E-state index is 0.488. The van der Waals surface area contributed by atoms with E-state index >= 15 is 0 Å². The molecule has 0 unspecified atom stereocenters. The lowest BCUT2D eigenvalue weighted by Gasteiger charge is -2.06. The highest BCUT2D eigenvalue weighted by Gasteiger charge is 2.02. The Labute approximate surface area is 89.3 Å². The van der Waals surface area contributed by atoms with Crippen LogP contribution in [0, 0.1) is 0 Å². The van der Waals surface area contributed by atoms with Crippen LogP contribution in [0.1, 0.15) is 5.56 Å². The summed E-state index contributed by atoms with van der Waals surface area (Å²) in [6, 6.07) is 8.14. The number of hydrogen-bond acceptors (Lipinski definition) is 4. The first-order valence-corrected chi connectivity index (χ1v) is 4.52. The van der Waals surface area contributed by atoms with Crippen LogP contribution >= 0.6 is 0 Å². The molecule has 0 saturated heterocycles. The Bertz CT molecular complexity index is 382. The molecule has 0 aliphatic rings. The molecular formula is C11H14N2O2. The van der Waals surface area contributed by atoms with Gasteiger partial charge in [-0.15, -0.1) is 0 Å². The molecule has 0 radical (unpaired) electrons. The number of hydrogen-bond donors (Lipinski definition) is 0. The number of aliphatic imine (C=N–C) groups is 2. The van der Waals surface area contributed by atoms with Crippen LogP contribution in [0.2, 0.25) is 0 Å². The molecule has 0 heterocycles. The van der Waals surface area contributed by atoms with Gasteiger partial charge in [-0.05, 0) is 18.2 Å². The first-order chi connectivity index (χ1) is 7.31. The van der Waals surface area contributed by atoms with Crippen LogP contribution in [0.3, 0.4) is 0 Å². The number of benzene rings is 1. The summed E-state index contributed by atoms with van der Waals surface area (Å²) in [5.74, 6) is 0.787. The quantitative estimate of drug-likeness (QED) is 0.709. The summed E-state index contributed by atoms with van der Waals surface area (Å²) in [7, 11) is 4.90. The van der Waals surface area contributed by atoms with Gasteiger partial charge < -0.3 is 9.47 Å². The van der Waals surface area contributed by atoms with Crippen LogP contribution in [0.25, 0.3) is 0 Å². The van der Waals surface area contributed by atoms with E-state index in [1.807, 2.05) is 18.2 Å². The summed E-state index contributed by atoms with van der Waals surface area (Å²) >= 11 is 0. The topological polar surface area (TPSA) is 43.2 Å². The van der Waals surface area contributed by atoms with Gasteiger partial charge in [0, 0.05) is 19.7 Å². The van der Waals surface area contributed by atoms with Crippen molar-refractivity contribution in [1.29, 1.82) is 0 Å². The van der Waals surface area contributed by atoms with Gasteiger partial charge in [0.1, 0.15) is 5.75 Å². The fraction of sp³-hybridized carbons (Fsp3) is 0.364. The highest BCUT2D eigenvalue weighted by molar-refractivity contribution is 5.57. The SMILES string of the molecule is CN=C=Nc1ccc(OC)cc1COC. The average molecular weight is 206 g/mol. The molecule has 15 heavy (non-hydrogen) atoms. The number of rotatable bonds is 4. The Morgan fingerprint density at radius 1 is 1.33 bits per heavy atom. The lowest BCUT2D eigenvalue weighted by atomic mass is 10.2. The van der Waals surface area contributed by atoms with E-state index in [4.69, 9.17) is 9.47 Å². The third-order valence-electron chi connectivity index (χ3n) is 1.86. The number of methoxy groups -OCH3 is 2. The van der Waals surface area contributed by atoms with E-state index in [0.29, 0.717) is 6.61 Å². The standard InChI is InChI=1S/C11H14N2O2/c1-12-8-13-11-5-4-10(15-3)6-9(11)7-14-2/h4-6H,7H2,1-3H3. The summed E-state index contributed by atoms with van der Waals surface area (Å²) in [6.07, 6.45) is 0. The fourth-order valence-corrected chi connectivity index (χ4v) is 1.17. The summed E-state index contributed by atoms with van der Waals surface area (Å²) in [5.41, 5.74) is 1.75. The highest BCUT2D eigenvalue weighted by atomic mass is 16.5. The molecule has 4 nitrogen and oxygen atoms in total. The van der Waals surface area contributed by atoms with Crippen molar-refractivity contribution in [3.8, 4) is 5.75 Å². The molecule has 1 rings (SSSR count). The van der Waals surface area contributed by atoms with Gasteiger partial charge in [-0.3, -0.25) is 0 Å². The van der Waals surface area contributed by atoms with Crippen molar-refractivity contribution in [2.45, 2.75) is 6.61 Å². The predicted molar refractivity (Wildman–Crippen MR) is 59.2 cm³/mol. The van der Waals surface area contributed by atoms with E-state index < -0.39 is 0 Å². The largest absolute Gasteiger partial charge is 0.497 e. The molecule has 0 aliphatic carbocycles. The monoisotopic (exact) mass is 206 g/mol. The van der Waals surface area contributed by atoms with Crippen molar-refractivity contribution in [3.05, 3.63) is 23.8 Å². The molecule has 1 aromatic rings. The second-order valence-electron chi connectivity index (χ2n) is 2.86. The Hall–Kier alpha value is -1.64. The zero-order chi connectivity index (χ0) is 11.1. The van der Waals surface area contributed by atoms with Crippen molar-refractivity contribution in [2.75, 3.05) is 21.3 Å². The molecule has 0 aliphatic heterocycles. The second kappa shape index (κ2) is 5.96. The molecule has 4 heteroatoms. The Morgan fingerprint density at radius 3 is 2.73 bits per heavy atom. The molecule has 0 fully saturated rings. The lowest BCUT2D eigenvalue weighted by Crippen LogP contribution is -1.90. The van der Waals surface area contributed by atoms with E-state index in [9.17, 15) is 0 Å². The third kappa shape index (κ3) is 3.20. The molecule has 0 N–H and O–H groups in total. The minimum Gasteiger partial charge on any atom is -0.497 e. The van der Waals surface area contributed by atoms with Crippen LogP contribution in [0.4, 0.5) is 5.69 Å². The lowest BCUT2D eigenvalue weighted by molar-refractivity contribution is 0.185. The molecule has 0 bridgehead atoms. The van der Waals surface area contributed by atoms with Crippen molar-refractivity contribution in [2.24, 2.45) is 9.98 Å². The summed E-state index contributed by atoms with van der Waals surface area (Å²) in [6.45, 7) is 0.488. The van der Waals surface area contributed by atoms with Gasteiger partial charge in [-0.25, -0.2) is 4.99 Å². The van der Waals surface area contributed by atoms with E-state index in [1.165, 1.54) is 0 Å². The minimum atomic E-state index is 0.488. The fourth-order valence-electron chi connectivity index (χ4n) is 1.17. The van der Waals surface area contributed by atoms with E-state index in [0.717, 1.165) is 17.0 Å². The molecule has 0 saturated carbocycles. The van der Waals surface area contributed by atoms with Crippen molar-refractivity contribution < 1.29 is 9.47 Å². The maximum Gasteiger partial charge on any atom is 0.119 e. The van der Waals surface area contributed by atoms with Gasteiger partial charge in [0.2, 0.25) is 0 Å². The van der Waals surface area contributed by atoms with Crippen LogP contribution in [-0.4, -0.2) is 27.3 Å². The van der Waals surface area contributed by atoms with Crippen LogP contribution in [0.5, 0.6) is 5.75 Å². The molecule has 80 valence electrons. The summed E-state index contributed by atoms with van der Waals surface area (Å²) in [5, 5.41) is 0. The van der Waals surface area contributed by atoms with Crippen LogP contribution < -0.4 is 4.74 Å². The van der Waals surface area contributed by atoms with Gasteiger partial charge in [-0.2, -0.15) is 4.99 Å². The maximum absolute atomic E-state index is 5.12. The number of ether oxygens (including phenoxy) is 2. The summed E-state index contributed by atoms with van der Waals surface area (Å²) in [4.78, 5) is 7.75. The van der Waals surface area contributed by atoms with Crippen LogP contribution in [0.15, 0.2) is 28.2 Å². The Balaban J connectivity index is 3.08. The van der Waals surface area contributed by atoms with Crippen LogP contribution in [-0.2, 0) is 11.3 Å². The average Bonchev–Trinajstić information content (AvgIpc) is 2.27. The van der Waals surface area contributed by atoms with Gasteiger partial charge in [-0.1, -0.05) is 0 Å².